The van der Waals surface area contributed by atoms with Gasteiger partial charge >= 0.3 is 0 Å². The van der Waals surface area contributed by atoms with E-state index in [4.69, 9.17) is 4.42 Å². The van der Waals surface area contributed by atoms with Crippen molar-refractivity contribution in [2.24, 2.45) is 5.92 Å². The number of nitrogens with one attached hydrogen (secondary N) is 1. The molecule has 26 heavy (non-hydrogen) atoms. The van der Waals surface area contributed by atoms with Crippen LogP contribution in [0.5, 0.6) is 0 Å². The van der Waals surface area contributed by atoms with Crippen molar-refractivity contribution >= 4 is 11.8 Å². The topological polar surface area (TPSA) is 62.6 Å². The first kappa shape index (κ1) is 16.8. The molecule has 1 aromatic heterocycles. The molecule has 1 N–H and O–H groups in total. The second-order valence-electron chi connectivity index (χ2n) is 7.04. The normalized spacial score (nSPS) is 20.0. The van der Waals surface area contributed by atoms with Crippen molar-refractivity contribution in [3.05, 3.63) is 48.0 Å². The number of halogens is 1. The Labute approximate surface area is 151 Å². The van der Waals surface area contributed by atoms with Gasteiger partial charge in [0.1, 0.15) is 11.6 Å². The molecule has 136 valence electrons. The Hall–Kier alpha value is -2.63. The van der Waals surface area contributed by atoms with Gasteiger partial charge in [0.25, 0.3) is 5.91 Å². The maximum atomic E-state index is 13.0. The summed E-state index contributed by atoms with van der Waals surface area (Å²) in [5, 5.41) is 3.02. The maximum Gasteiger partial charge on any atom is 0.289 e. The van der Waals surface area contributed by atoms with E-state index in [-0.39, 0.29) is 29.3 Å². The second-order valence-corrected chi connectivity index (χ2v) is 7.04. The maximum absolute atomic E-state index is 13.0. The number of furan rings is 1. The Morgan fingerprint density at radius 2 is 1.85 bits per heavy atom. The van der Waals surface area contributed by atoms with Gasteiger partial charge in [-0.05, 0) is 62.1 Å². The summed E-state index contributed by atoms with van der Waals surface area (Å²) < 4.78 is 18.7. The monoisotopic (exact) mass is 356 g/mol. The largest absolute Gasteiger partial charge is 0.451 e. The quantitative estimate of drug-likeness (QED) is 0.915. The number of nitrogens with zero attached hydrogens (tertiary/aromatic N) is 1. The van der Waals surface area contributed by atoms with Gasteiger partial charge in [-0.1, -0.05) is 0 Å². The molecule has 1 aliphatic heterocycles. The van der Waals surface area contributed by atoms with Gasteiger partial charge in [-0.3, -0.25) is 9.59 Å². The minimum atomic E-state index is -0.319. The third-order valence-electron chi connectivity index (χ3n) is 4.95. The summed E-state index contributed by atoms with van der Waals surface area (Å²) in [6, 6.07) is 9.61. The fourth-order valence-corrected chi connectivity index (χ4v) is 3.30. The zero-order valence-electron chi connectivity index (χ0n) is 14.4. The number of hydrogen-bond donors (Lipinski definition) is 1. The molecular formula is C20H21FN2O3. The van der Waals surface area contributed by atoms with Crippen LogP contribution in [0.15, 0.2) is 40.8 Å². The molecule has 2 fully saturated rings. The van der Waals surface area contributed by atoms with E-state index in [0.29, 0.717) is 30.5 Å². The van der Waals surface area contributed by atoms with Gasteiger partial charge in [0.05, 0.1) is 5.92 Å². The first-order chi connectivity index (χ1) is 12.6. The molecule has 0 radical (unpaired) electrons. The molecular weight excluding hydrogens is 335 g/mol. The molecule has 2 heterocycles. The highest BCUT2D eigenvalue weighted by molar-refractivity contribution is 5.92. The highest BCUT2D eigenvalue weighted by Gasteiger charge is 2.32. The van der Waals surface area contributed by atoms with Crippen LogP contribution in [0.1, 0.15) is 36.2 Å². The van der Waals surface area contributed by atoms with Crippen LogP contribution in [-0.2, 0) is 4.79 Å². The number of amides is 2. The van der Waals surface area contributed by atoms with Crippen LogP contribution in [0.4, 0.5) is 4.39 Å². The average Bonchev–Trinajstić information content (AvgIpc) is 3.34. The molecule has 1 saturated carbocycles. The van der Waals surface area contributed by atoms with Crippen LogP contribution in [0.2, 0.25) is 0 Å². The SMILES string of the molecule is O=C(NC1CC1)[C@H]1CCCN(C(=O)c2ccc(-c3ccc(F)cc3)o2)C1. The smallest absolute Gasteiger partial charge is 0.289 e. The molecule has 2 aromatic rings. The van der Waals surface area contributed by atoms with E-state index in [9.17, 15) is 14.0 Å². The molecule has 6 heteroatoms. The van der Waals surface area contributed by atoms with Gasteiger partial charge in [-0.25, -0.2) is 4.39 Å². The summed E-state index contributed by atoms with van der Waals surface area (Å²) in [6.07, 6.45) is 3.72. The molecule has 2 amide bonds. The lowest BCUT2D eigenvalue weighted by atomic mass is 9.97. The summed E-state index contributed by atoms with van der Waals surface area (Å²) in [4.78, 5) is 26.7. The molecule has 0 bridgehead atoms. The standard InChI is InChI=1S/C20H21FN2O3/c21-15-5-3-13(4-6-15)17-9-10-18(26-17)20(25)23-11-1-2-14(12-23)19(24)22-16-7-8-16/h3-6,9-10,14,16H,1-2,7-8,11-12H2,(H,22,24)/t14-/m0/s1. The number of piperidine rings is 1. The highest BCUT2D eigenvalue weighted by Crippen LogP contribution is 2.26. The molecule has 5 nitrogen and oxygen atoms in total. The Morgan fingerprint density at radius 1 is 1.08 bits per heavy atom. The minimum absolute atomic E-state index is 0.0523. The van der Waals surface area contributed by atoms with E-state index >= 15 is 0 Å². The van der Waals surface area contributed by atoms with Crippen molar-refractivity contribution < 1.29 is 18.4 Å². The minimum Gasteiger partial charge on any atom is -0.451 e. The van der Waals surface area contributed by atoms with Gasteiger partial charge in [0.2, 0.25) is 5.91 Å². The van der Waals surface area contributed by atoms with E-state index in [1.54, 1.807) is 29.2 Å². The van der Waals surface area contributed by atoms with Crippen molar-refractivity contribution in [2.45, 2.75) is 31.7 Å². The van der Waals surface area contributed by atoms with Crippen LogP contribution < -0.4 is 5.32 Å². The van der Waals surface area contributed by atoms with Crippen LogP contribution in [0.3, 0.4) is 0 Å². The average molecular weight is 356 g/mol. The molecule has 1 atom stereocenters. The predicted octanol–water partition coefficient (Wildman–Crippen LogP) is 3.22. The Bertz CT molecular complexity index is 811. The second kappa shape index (κ2) is 6.94. The highest BCUT2D eigenvalue weighted by atomic mass is 19.1. The van der Waals surface area contributed by atoms with E-state index < -0.39 is 0 Å². The molecule has 4 rings (SSSR count). The number of carbonyl (C=O) groups excluding carboxylic acids is 2. The summed E-state index contributed by atoms with van der Waals surface area (Å²) in [6.45, 7) is 1.04. The van der Waals surface area contributed by atoms with E-state index in [0.717, 1.165) is 25.7 Å². The van der Waals surface area contributed by atoms with E-state index in [2.05, 4.69) is 5.32 Å². The lowest BCUT2D eigenvalue weighted by Crippen LogP contribution is -2.45. The molecule has 1 aromatic carbocycles. The molecule has 0 unspecified atom stereocenters. The number of rotatable bonds is 4. The molecule has 0 spiro atoms. The van der Waals surface area contributed by atoms with Crippen molar-refractivity contribution in [3.8, 4) is 11.3 Å². The van der Waals surface area contributed by atoms with Crippen LogP contribution in [-0.4, -0.2) is 35.8 Å². The zero-order chi connectivity index (χ0) is 18.1. The number of hydrogen-bond acceptors (Lipinski definition) is 3. The van der Waals surface area contributed by atoms with Gasteiger partial charge in [0.15, 0.2) is 5.76 Å². The summed E-state index contributed by atoms with van der Waals surface area (Å²) in [7, 11) is 0. The lowest BCUT2D eigenvalue weighted by Gasteiger charge is -2.31. The Kier molecular flexibility index (Phi) is 4.49. The molecule has 1 saturated heterocycles. The van der Waals surface area contributed by atoms with Crippen molar-refractivity contribution in [2.75, 3.05) is 13.1 Å². The molecule has 2 aliphatic rings. The first-order valence-electron chi connectivity index (χ1n) is 9.05. The number of carbonyl (C=O) groups is 2. The third kappa shape index (κ3) is 3.64. The number of likely N-dealkylation sites (tertiary alicyclic amines) is 1. The van der Waals surface area contributed by atoms with Crippen molar-refractivity contribution in [1.29, 1.82) is 0 Å². The zero-order valence-corrected chi connectivity index (χ0v) is 14.4. The lowest BCUT2D eigenvalue weighted by molar-refractivity contribution is -0.126. The van der Waals surface area contributed by atoms with Crippen molar-refractivity contribution in [3.63, 3.8) is 0 Å². The van der Waals surface area contributed by atoms with E-state index in [1.807, 2.05) is 0 Å². The summed E-state index contributed by atoms with van der Waals surface area (Å²) in [5.74, 6) is 0.139. The Balaban J connectivity index is 1.43. The summed E-state index contributed by atoms with van der Waals surface area (Å²) in [5.41, 5.74) is 0.714. The number of benzene rings is 1. The van der Waals surface area contributed by atoms with E-state index in [1.165, 1.54) is 12.1 Å². The fourth-order valence-electron chi connectivity index (χ4n) is 3.30. The summed E-state index contributed by atoms with van der Waals surface area (Å²) >= 11 is 0. The van der Waals surface area contributed by atoms with Gasteiger partial charge in [0, 0.05) is 24.7 Å². The van der Waals surface area contributed by atoms with Crippen LogP contribution in [0.25, 0.3) is 11.3 Å². The van der Waals surface area contributed by atoms with Crippen LogP contribution >= 0.6 is 0 Å². The van der Waals surface area contributed by atoms with Gasteiger partial charge in [-0.2, -0.15) is 0 Å². The fraction of sp³-hybridized carbons (Fsp3) is 0.400. The van der Waals surface area contributed by atoms with Gasteiger partial charge in [-0.15, -0.1) is 0 Å². The third-order valence-corrected chi connectivity index (χ3v) is 4.95. The predicted molar refractivity (Wildman–Crippen MR) is 93.9 cm³/mol. The van der Waals surface area contributed by atoms with Gasteiger partial charge < -0.3 is 14.6 Å². The van der Waals surface area contributed by atoms with Crippen LogP contribution in [0, 0.1) is 11.7 Å². The van der Waals surface area contributed by atoms with Crippen molar-refractivity contribution in [1.82, 2.24) is 10.2 Å². The Morgan fingerprint density at radius 3 is 2.58 bits per heavy atom. The first-order valence-corrected chi connectivity index (χ1v) is 9.05. The molecule has 1 aliphatic carbocycles.